The average molecular weight is 470 g/mol. The molecule has 0 aliphatic heterocycles. The number of allylic oxidation sites excluding steroid dienone is 2. The fourth-order valence-corrected chi connectivity index (χ4v) is 10.4. The molecule has 0 radical (unpaired) electrons. The van der Waals surface area contributed by atoms with E-state index in [0.29, 0.717) is 18.1 Å². The fraction of sp³-hybridized carbons (Fsp3) is 0.867. The van der Waals surface area contributed by atoms with Crippen molar-refractivity contribution in [3.05, 3.63) is 11.6 Å². The molecule has 0 spiro atoms. The molecule has 0 bridgehead atoms. The molecular formula is C30H47NO3. The summed E-state index contributed by atoms with van der Waals surface area (Å²) in [7, 11) is 0. The SMILES string of the molecule is CC1(C)C(N)CC[C@]2(C)C1CC[C@@]1(C)C2C(=O)C=C2[C@H]3C[C@](C)(C(=O)O)CC[C@]3(C)CC[C@]21C. The number of aliphatic carboxylic acids is 1. The van der Waals surface area contributed by atoms with Crippen molar-refractivity contribution in [3.8, 4) is 0 Å². The largest absolute Gasteiger partial charge is 0.481 e. The van der Waals surface area contributed by atoms with Gasteiger partial charge in [-0.25, -0.2) is 0 Å². The number of ketones is 1. The predicted molar refractivity (Wildman–Crippen MR) is 135 cm³/mol. The molecule has 4 saturated carbocycles. The first kappa shape index (κ1) is 24.5. The normalized spacial score (nSPS) is 54.1. The minimum atomic E-state index is -0.697. The van der Waals surface area contributed by atoms with Gasteiger partial charge in [-0.05, 0) is 110 Å². The van der Waals surface area contributed by atoms with E-state index in [9.17, 15) is 14.7 Å². The van der Waals surface area contributed by atoms with E-state index in [-0.39, 0.29) is 45.0 Å². The van der Waals surface area contributed by atoms with Gasteiger partial charge < -0.3 is 10.8 Å². The lowest BCUT2D eigenvalue weighted by Gasteiger charge is -2.70. The Hall–Kier alpha value is -1.16. The number of carbonyl (C=O) groups excluding carboxylic acids is 1. The summed E-state index contributed by atoms with van der Waals surface area (Å²) in [4.78, 5) is 26.5. The van der Waals surface area contributed by atoms with Crippen LogP contribution in [-0.4, -0.2) is 22.9 Å². The summed E-state index contributed by atoms with van der Waals surface area (Å²) >= 11 is 0. The second kappa shape index (κ2) is 6.99. The molecule has 4 fully saturated rings. The molecule has 0 aromatic rings. The summed E-state index contributed by atoms with van der Waals surface area (Å²) in [5.74, 6) is 0.313. The molecule has 3 N–H and O–H groups in total. The van der Waals surface area contributed by atoms with Gasteiger partial charge in [0.2, 0.25) is 0 Å². The maximum Gasteiger partial charge on any atom is 0.309 e. The minimum Gasteiger partial charge on any atom is -0.481 e. The van der Waals surface area contributed by atoms with Crippen LogP contribution in [-0.2, 0) is 9.59 Å². The molecule has 0 aromatic carbocycles. The van der Waals surface area contributed by atoms with Crippen LogP contribution in [0.4, 0.5) is 0 Å². The van der Waals surface area contributed by atoms with Gasteiger partial charge in [0.15, 0.2) is 5.78 Å². The Morgan fingerprint density at radius 3 is 2.24 bits per heavy atom. The molecule has 4 heteroatoms. The van der Waals surface area contributed by atoms with Gasteiger partial charge in [-0.2, -0.15) is 0 Å². The Balaban J connectivity index is 1.62. The van der Waals surface area contributed by atoms with Crippen LogP contribution in [0.3, 0.4) is 0 Å². The molecule has 0 saturated heterocycles. The monoisotopic (exact) mass is 469 g/mol. The summed E-state index contributed by atoms with van der Waals surface area (Å²) in [5, 5.41) is 10.1. The van der Waals surface area contributed by atoms with Crippen molar-refractivity contribution in [2.24, 2.45) is 56.0 Å². The summed E-state index contributed by atoms with van der Waals surface area (Å²) in [6.07, 6.45) is 10.9. The fourth-order valence-electron chi connectivity index (χ4n) is 10.4. The van der Waals surface area contributed by atoms with Gasteiger partial charge in [-0.1, -0.05) is 47.1 Å². The third-order valence-electron chi connectivity index (χ3n) is 13.2. The quantitative estimate of drug-likeness (QED) is 0.467. The second-order valence-electron chi connectivity index (χ2n) is 15.0. The highest BCUT2D eigenvalue weighted by molar-refractivity contribution is 5.95. The molecule has 0 heterocycles. The van der Waals surface area contributed by atoms with Gasteiger partial charge in [0.05, 0.1) is 5.41 Å². The molecule has 5 aliphatic carbocycles. The van der Waals surface area contributed by atoms with Gasteiger partial charge in [0, 0.05) is 12.0 Å². The highest BCUT2D eigenvalue weighted by Gasteiger charge is 2.70. The number of rotatable bonds is 1. The molecule has 0 aromatic heterocycles. The van der Waals surface area contributed by atoms with Crippen molar-refractivity contribution >= 4 is 11.8 Å². The molecule has 0 amide bonds. The van der Waals surface area contributed by atoms with Crippen molar-refractivity contribution < 1.29 is 14.7 Å². The first-order valence-electron chi connectivity index (χ1n) is 13.8. The van der Waals surface area contributed by atoms with Gasteiger partial charge >= 0.3 is 5.97 Å². The van der Waals surface area contributed by atoms with Crippen molar-refractivity contribution in [3.63, 3.8) is 0 Å². The minimum absolute atomic E-state index is 0.0260. The molecule has 34 heavy (non-hydrogen) atoms. The molecule has 4 nitrogen and oxygen atoms in total. The maximum absolute atomic E-state index is 14.2. The number of fused-ring (bicyclic) bond motifs is 7. The lowest BCUT2D eigenvalue weighted by atomic mass is 9.33. The van der Waals surface area contributed by atoms with E-state index in [4.69, 9.17) is 5.73 Å². The van der Waals surface area contributed by atoms with Crippen LogP contribution in [0.15, 0.2) is 11.6 Å². The van der Waals surface area contributed by atoms with E-state index in [1.54, 1.807) is 0 Å². The Kier molecular flexibility index (Phi) is 5.04. The average Bonchev–Trinajstić information content (AvgIpc) is 2.73. The zero-order chi connectivity index (χ0) is 25.1. The van der Waals surface area contributed by atoms with Crippen LogP contribution in [0.25, 0.3) is 0 Å². The second-order valence-corrected chi connectivity index (χ2v) is 15.0. The third kappa shape index (κ3) is 2.81. The number of hydrogen-bond donors (Lipinski definition) is 2. The van der Waals surface area contributed by atoms with Crippen molar-refractivity contribution in [1.29, 1.82) is 0 Å². The van der Waals surface area contributed by atoms with Crippen LogP contribution < -0.4 is 5.73 Å². The standard InChI is InChI=1S/C30H47NO3/c1-25(2)21-8-11-30(7)23(28(21,5)10-9-22(25)31)20(32)16-18-19-17-27(4,24(33)34)13-12-26(19,3)14-15-29(18,30)6/h16,19,21-23H,8-15,17,31H2,1-7H3,(H,33,34)/t19-,21?,22?,23?,26-,27-,28-,29-,30+/m1/s1. The number of carboxylic acid groups (broad SMARTS) is 1. The highest BCUT2D eigenvalue weighted by Crippen LogP contribution is 2.75. The third-order valence-corrected chi connectivity index (χ3v) is 13.2. The number of carbonyl (C=O) groups is 2. The smallest absolute Gasteiger partial charge is 0.309 e. The predicted octanol–water partition coefficient (Wildman–Crippen LogP) is 6.38. The van der Waals surface area contributed by atoms with Gasteiger partial charge in [0.25, 0.3) is 0 Å². The Morgan fingerprint density at radius 2 is 1.59 bits per heavy atom. The maximum atomic E-state index is 14.2. The summed E-state index contributed by atoms with van der Waals surface area (Å²) in [6, 6.07) is 0.196. The summed E-state index contributed by atoms with van der Waals surface area (Å²) < 4.78 is 0. The van der Waals surface area contributed by atoms with Gasteiger partial charge in [0.1, 0.15) is 0 Å². The summed E-state index contributed by atoms with van der Waals surface area (Å²) in [6.45, 7) is 16.2. The van der Waals surface area contributed by atoms with E-state index >= 15 is 0 Å². The van der Waals surface area contributed by atoms with Gasteiger partial charge in [-0.15, -0.1) is 0 Å². The first-order chi connectivity index (χ1) is 15.6. The topological polar surface area (TPSA) is 80.4 Å². The summed E-state index contributed by atoms with van der Waals surface area (Å²) in [5.41, 5.74) is 7.21. The molecule has 3 unspecified atom stereocenters. The Bertz CT molecular complexity index is 968. The Morgan fingerprint density at radius 1 is 0.941 bits per heavy atom. The van der Waals surface area contributed by atoms with Gasteiger partial charge in [-0.3, -0.25) is 9.59 Å². The van der Waals surface area contributed by atoms with E-state index < -0.39 is 11.4 Å². The van der Waals surface area contributed by atoms with Crippen LogP contribution >= 0.6 is 0 Å². The van der Waals surface area contributed by atoms with E-state index in [0.717, 1.165) is 51.4 Å². The number of hydrogen-bond acceptors (Lipinski definition) is 3. The Labute approximate surface area is 206 Å². The van der Waals surface area contributed by atoms with E-state index in [1.165, 1.54) is 5.57 Å². The van der Waals surface area contributed by atoms with Crippen LogP contribution in [0.5, 0.6) is 0 Å². The van der Waals surface area contributed by atoms with E-state index in [1.807, 2.05) is 6.92 Å². The lowest BCUT2D eigenvalue weighted by molar-refractivity contribution is -0.188. The molecule has 190 valence electrons. The lowest BCUT2D eigenvalue weighted by Crippen LogP contribution is -2.67. The number of carboxylic acids is 1. The zero-order valence-electron chi connectivity index (χ0n) is 22.6. The van der Waals surface area contributed by atoms with E-state index in [2.05, 4.69) is 47.6 Å². The van der Waals surface area contributed by atoms with Crippen molar-refractivity contribution in [2.45, 2.75) is 112 Å². The van der Waals surface area contributed by atoms with Crippen LogP contribution in [0.2, 0.25) is 0 Å². The molecule has 9 atom stereocenters. The van der Waals surface area contributed by atoms with Crippen molar-refractivity contribution in [1.82, 2.24) is 0 Å². The van der Waals surface area contributed by atoms with Crippen molar-refractivity contribution in [2.75, 3.05) is 0 Å². The first-order valence-corrected chi connectivity index (χ1v) is 13.8. The highest BCUT2D eigenvalue weighted by atomic mass is 16.4. The van der Waals surface area contributed by atoms with Crippen LogP contribution in [0.1, 0.15) is 106 Å². The van der Waals surface area contributed by atoms with Crippen LogP contribution in [0, 0.1) is 50.2 Å². The molecule has 5 aliphatic rings. The molecular weight excluding hydrogens is 422 g/mol. The number of nitrogens with two attached hydrogens (primary N) is 1. The zero-order valence-corrected chi connectivity index (χ0v) is 22.6. The molecule has 5 rings (SSSR count).